The molecule has 2 rings (SSSR count). The van der Waals surface area contributed by atoms with Crippen molar-refractivity contribution < 1.29 is 13.2 Å². The fraction of sp³-hybridized carbons (Fsp3) is 0.500. The summed E-state index contributed by atoms with van der Waals surface area (Å²) in [6.45, 7) is 5.53. The van der Waals surface area contributed by atoms with Crippen molar-refractivity contribution in [3.8, 4) is 0 Å². The second-order valence-electron chi connectivity index (χ2n) is 4.71. The summed E-state index contributed by atoms with van der Waals surface area (Å²) in [5.41, 5.74) is -0.304. The van der Waals surface area contributed by atoms with Crippen LogP contribution in [-0.4, -0.2) is 25.4 Å². The van der Waals surface area contributed by atoms with Gasteiger partial charge in [0.25, 0.3) is 0 Å². The fourth-order valence-corrected chi connectivity index (χ4v) is 3.62. The number of rotatable bonds is 3. The molecule has 1 heterocycles. The van der Waals surface area contributed by atoms with Crippen LogP contribution < -0.4 is 0 Å². The number of hydrogen-bond donors (Lipinski definition) is 0. The van der Waals surface area contributed by atoms with Gasteiger partial charge in [0.1, 0.15) is 6.10 Å². The van der Waals surface area contributed by atoms with Gasteiger partial charge in [-0.3, -0.25) is 0 Å². The molecule has 2 atom stereocenters. The molecule has 0 aliphatic carbocycles. The summed E-state index contributed by atoms with van der Waals surface area (Å²) < 4.78 is 29.8. The van der Waals surface area contributed by atoms with Crippen LogP contribution in [-0.2, 0) is 14.6 Å². The van der Waals surface area contributed by atoms with E-state index in [9.17, 15) is 8.42 Å². The molecule has 0 saturated carbocycles. The number of benzene rings is 1. The van der Waals surface area contributed by atoms with Crippen LogP contribution in [0, 0.1) is 0 Å². The van der Waals surface area contributed by atoms with E-state index in [1.54, 1.807) is 37.3 Å². The Morgan fingerprint density at radius 3 is 2.19 bits per heavy atom. The monoisotopic (exact) mass is 240 g/mol. The first-order chi connectivity index (χ1) is 7.36. The van der Waals surface area contributed by atoms with Crippen molar-refractivity contribution in [2.24, 2.45) is 0 Å². The molecular formula is C12H16O3S. The van der Waals surface area contributed by atoms with Gasteiger partial charge in [-0.25, -0.2) is 8.42 Å². The van der Waals surface area contributed by atoms with Crippen LogP contribution in [0.1, 0.15) is 20.8 Å². The van der Waals surface area contributed by atoms with Crippen molar-refractivity contribution in [1.29, 1.82) is 0 Å². The van der Waals surface area contributed by atoms with E-state index in [-0.39, 0.29) is 11.7 Å². The zero-order chi connectivity index (χ0) is 12.0. The van der Waals surface area contributed by atoms with Crippen LogP contribution >= 0.6 is 0 Å². The zero-order valence-electron chi connectivity index (χ0n) is 9.67. The SMILES string of the molecule is C[C@@H]([C@@H]1OC1(C)C)S(=O)(=O)c1ccccc1. The number of ether oxygens (including phenoxy) is 1. The lowest BCUT2D eigenvalue weighted by Crippen LogP contribution is -2.27. The predicted octanol–water partition coefficient (Wildman–Crippen LogP) is 2.03. The molecule has 0 radical (unpaired) electrons. The Kier molecular flexibility index (Phi) is 2.59. The van der Waals surface area contributed by atoms with E-state index >= 15 is 0 Å². The molecule has 0 spiro atoms. The van der Waals surface area contributed by atoms with Crippen LogP contribution in [0.2, 0.25) is 0 Å². The van der Waals surface area contributed by atoms with E-state index in [0.717, 1.165) is 0 Å². The maximum atomic E-state index is 12.2. The molecule has 1 saturated heterocycles. The molecule has 0 bridgehead atoms. The molecule has 4 heteroatoms. The quantitative estimate of drug-likeness (QED) is 0.759. The van der Waals surface area contributed by atoms with Crippen molar-refractivity contribution in [2.75, 3.05) is 0 Å². The van der Waals surface area contributed by atoms with Gasteiger partial charge in [-0.1, -0.05) is 18.2 Å². The van der Waals surface area contributed by atoms with E-state index < -0.39 is 15.1 Å². The van der Waals surface area contributed by atoms with E-state index in [0.29, 0.717) is 4.90 Å². The average Bonchev–Trinajstić information content (AvgIpc) is 2.88. The lowest BCUT2D eigenvalue weighted by Gasteiger charge is -2.11. The van der Waals surface area contributed by atoms with Gasteiger partial charge >= 0.3 is 0 Å². The summed E-state index contributed by atoms with van der Waals surface area (Å²) in [4.78, 5) is 0.369. The molecule has 0 unspecified atom stereocenters. The van der Waals surface area contributed by atoms with Crippen molar-refractivity contribution >= 4 is 9.84 Å². The van der Waals surface area contributed by atoms with Gasteiger partial charge in [-0.15, -0.1) is 0 Å². The molecule has 1 aromatic rings. The molecule has 3 nitrogen and oxygen atoms in total. The fourth-order valence-electron chi connectivity index (χ4n) is 1.94. The van der Waals surface area contributed by atoms with Gasteiger partial charge in [0.2, 0.25) is 0 Å². The topological polar surface area (TPSA) is 46.7 Å². The highest BCUT2D eigenvalue weighted by atomic mass is 32.2. The van der Waals surface area contributed by atoms with Crippen LogP contribution in [0.3, 0.4) is 0 Å². The lowest BCUT2D eigenvalue weighted by molar-refractivity contribution is 0.322. The second kappa shape index (κ2) is 3.57. The first-order valence-corrected chi connectivity index (χ1v) is 6.87. The first-order valence-electron chi connectivity index (χ1n) is 5.32. The Morgan fingerprint density at radius 1 is 1.25 bits per heavy atom. The van der Waals surface area contributed by atoms with Crippen molar-refractivity contribution in [2.45, 2.75) is 42.6 Å². The Bertz CT molecular complexity index is 476. The van der Waals surface area contributed by atoms with Crippen LogP contribution in [0.15, 0.2) is 35.2 Å². The molecule has 1 fully saturated rings. The standard InChI is InChI=1S/C12H16O3S/c1-9(11-12(2,3)15-11)16(13,14)10-7-5-4-6-8-10/h4-9,11H,1-3H3/t9-,11-/m0/s1. The normalized spacial score (nSPS) is 25.1. The average molecular weight is 240 g/mol. The summed E-state index contributed by atoms with van der Waals surface area (Å²) in [5, 5.41) is -0.495. The minimum atomic E-state index is -3.27. The third-order valence-corrected chi connectivity index (χ3v) is 5.20. The van der Waals surface area contributed by atoms with E-state index in [2.05, 4.69) is 0 Å². The highest BCUT2D eigenvalue weighted by molar-refractivity contribution is 7.92. The van der Waals surface area contributed by atoms with Crippen molar-refractivity contribution in [3.05, 3.63) is 30.3 Å². The van der Waals surface area contributed by atoms with Gasteiger partial charge < -0.3 is 4.74 Å². The van der Waals surface area contributed by atoms with E-state index in [1.807, 2.05) is 13.8 Å². The van der Waals surface area contributed by atoms with Crippen LogP contribution in [0.25, 0.3) is 0 Å². The number of hydrogen-bond acceptors (Lipinski definition) is 3. The van der Waals surface area contributed by atoms with Gasteiger partial charge in [0, 0.05) is 0 Å². The molecule has 1 aromatic carbocycles. The van der Waals surface area contributed by atoms with Crippen molar-refractivity contribution in [1.82, 2.24) is 0 Å². The van der Waals surface area contributed by atoms with Crippen molar-refractivity contribution in [3.63, 3.8) is 0 Å². The molecule has 0 amide bonds. The first kappa shape index (κ1) is 11.6. The Balaban J connectivity index is 2.28. The minimum absolute atomic E-state index is 0.197. The van der Waals surface area contributed by atoms with Gasteiger partial charge in [-0.2, -0.15) is 0 Å². The summed E-state index contributed by atoms with van der Waals surface area (Å²) in [6.07, 6.45) is -0.197. The van der Waals surface area contributed by atoms with Crippen LogP contribution in [0.5, 0.6) is 0 Å². The Hall–Kier alpha value is -0.870. The van der Waals surface area contributed by atoms with E-state index in [4.69, 9.17) is 4.74 Å². The zero-order valence-corrected chi connectivity index (χ0v) is 10.5. The lowest BCUT2D eigenvalue weighted by atomic mass is 10.1. The maximum Gasteiger partial charge on any atom is 0.183 e. The third kappa shape index (κ3) is 1.87. The largest absolute Gasteiger partial charge is 0.365 e. The molecule has 88 valence electrons. The maximum absolute atomic E-state index is 12.2. The van der Waals surface area contributed by atoms with Gasteiger partial charge in [-0.05, 0) is 32.9 Å². The predicted molar refractivity (Wildman–Crippen MR) is 62.0 cm³/mol. The third-order valence-electron chi connectivity index (χ3n) is 3.05. The second-order valence-corrected chi connectivity index (χ2v) is 7.01. The van der Waals surface area contributed by atoms with Gasteiger partial charge in [0.05, 0.1) is 15.7 Å². The summed E-state index contributed by atoms with van der Waals surface area (Å²) in [6, 6.07) is 8.53. The molecular weight excluding hydrogens is 224 g/mol. The Morgan fingerprint density at radius 2 is 1.75 bits per heavy atom. The molecule has 0 aromatic heterocycles. The summed E-state index contributed by atoms with van der Waals surface area (Å²) in [5.74, 6) is 0. The molecule has 0 N–H and O–H groups in total. The molecule has 1 aliphatic rings. The highest BCUT2D eigenvalue weighted by Crippen LogP contribution is 2.41. The summed E-state index contributed by atoms with van der Waals surface area (Å²) >= 11 is 0. The van der Waals surface area contributed by atoms with Crippen LogP contribution in [0.4, 0.5) is 0 Å². The number of epoxide rings is 1. The van der Waals surface area contributed by atoms with Gasteiger partial charge in [0.15, 0.2) is 9.84 Å². The smallest absolute Gasteiger partial charge is 0.183 e. The molecule has 1 aliphatic heterocycles. The molecule has 16 heavy (non-hydrogen) atoms. The van der Waals surface area contributed by atoms with E-state index in [1.165, 1.54) is 0 Å². The number of sulfone groups is 1. The highest BCUT2D eigenvalue weighted by Gasteiger charge is 2.54. The summed E-state index contributed by atoms with van der Waals surface area (Å²) in [7, 11) is -3.27. The minimum Gasteiger partial charge on any atom is -0.365 e. The Labute approximate surface area is 96.4 Å².